The van der Waals surface area contributed by atoms with Crippen LogP contribution >= 0.6 is 0 Å². The summed E-state index contributed by atoms with van der Waals surface area (Å²) in [5.41, 5.74) is 0.111. The summed E-state index contributed by atoms with van der Waals surface area (Å²) < 4.78 is 17.0. The van der Waals surface area contributed by atoms with Crippen molar-refractivity contribution in [2.75, 3.05) is 19.8 Å². The van der Waals surface area contributed by atoms with Crippen LogP contribution in [0.3, 0.4) is 0 Å². The van der Waals surface area contributed by atoms with Crippen molar-refractivity contribution >= 4 is 5.97 Å². The summed E-state index contributed by atoms with van der Waals surface area (Å²) in [6.45, 7) is 0.853. The van der Waals surface area contributed by atoms with Gasteiger partial charge in [0.1, 0.15) is 18.3 Å². The number of hydrogen-bond acceptors (Lipinski definition) is 8. The van der Waals surface area contributed by atoms with Gasteiger partial charge in [0.15, 0.2) is 5.79 Å². The van der Waals surface area contributed by atoms with Gasteiger partial charge in [-0.1, -0.05) is 6.42 Å². The molecule has 1 saturated carbocycles. The second kappa shape index (κ2) is 9.40. The fraction of sp³-hybridized carbons (Fsp3) is 0.824. The zero-order valence-corrected chi connectivity index (χ0v) is 15.0. The summed E-state index contributed by atoms with van der Waals surface area (Å²) in [5.74, 6) is -1.50. The summed E-state index contributed by atoms with van der Waals surface area (Å²) in [6, 6.07) is 0. The molecule has 9 nitrogen and oxygen atoms in total. The van der Waals surface area contributed by atoms with Crippen molar-refractivity contribution in [3.05, 3.63) is 21.8 Å². The number of carbonyl (C=O) groups excluding carboxylic acids is 1. The predicted octanol–water partition coefficient (Wildman–Crippen LogP) is 0.940. The molecule has 2 fully saturated rings. The van der Waals surface area contributed by atoms with E-state index in [4.69, 9.17) is 14.2 Å². The third-order valence-electron chi connectivity index (χ3n) is 4.67. The maximum atomic E-state index is 12.1. The Kier molecular flexibility index (Phi) is 7.51. The van der Waals surface area contributed by atoms with Crippen LogP contribution in [0.25, 0.3) is 0 Å². The second-order valence-corrected chi connectivity index (χ2v) is 6.60. The largest absolute Gasteiger partial charge is 0.463 e. The van der Waals surface area contributed by atoms with Crippen LogP contribution in [0.2, 0.25) is 0 Å². The van der Waals surface area contributed by atoms with Gasteiger partial charge < -0.3 is 24.4 Å². The summed E-state index contributed by atoms with van der Waals surface area (Å²) in [5, 5.41) is 30.1. The van der Waals surface area contributed by atoms with E-state index in [1.807, 2.05) is 0 Å². The topological polar surface area (TPSA) is 128 Å². The van der Waals surface area contributed by atoms with E-state index in [0.717, 1.165) is 19.3 Å². The van der Waals surface area contributed by atoms with E-state index in [-0.39, 0.29) is 18.6 Å². The first-order chi connectivity index (χ1) is 12.4. The molecule has 0 aromatic rings. The van der Waals surface area contributed by atoms with Gasteiger partial charge in [0, 0.05) is 29.8 Å². The van der Waals surface area contributed by atoms with Crippen LogP contribution in [-0.4, -0.2) is 65.0 Å². The van der Waals surface area contributed by atoms with Gasteiger partial charge in [0.05, 0.1) is 13.2 Å². The van der Waals surface area contributed by atoms with Gasteiger partial charge in [-0.2, -0.15) is 0 Å². The molecule has 0 aromatic carbocycles. The minimum absolute atomic E-state index is 0.110. The summed E-state index contributed by atoms with van der Waals surface area (Å²) in [7, 11) is 0. The quantitative estimate of drug-likeness (QED) is 0.278. The number of aliphatic hydroxyl groups excluding tert-OH is 2. The first-order valence-electron chi connectivity index (χ1n) is 9.05. The highest BCUT2D eigenvalue weighted by Gasteiger charge is 2.49. The molecule has 9 heteroatoms. The first-order valence-corrected chi connectivity index (χ1v) is 9.05. The smallest absolute Gasteiger partial charge is 0.334 e. The van der Waals surface area contributed by atoms with Crippen molar-refractivity contribution in [3.63, 3.8) is 0 Å². The van der Waals surface area contributed by atoms with Crippen molar-refractivity contribution in [1.29, 1.82) is 0 Å². The first kappa shape index (κ1) is 20.8. The molecular weight excluding hydrogens is 346 g/mol. The monoisotopic (exact) mass is 373 g/mol. The molecule has 148 valence electrons. The fourth-order valence-corrected chi connectivity index (χ4v) is 3.40. The molecule has 1 aliphatic carbocycles. The van der Waals surface area contributed by atoms with E-state index >= 15 is 0 Å². The molecule has 2 N–H and O–H groups in total. The van der Waals surface area contributed by atoms with E-state index in [0.29, 0.717) is 12.8 Å². The molecule has 3 atom stereocenters. The van der Waals surface area contributed by atoms with Gasteiger partial charge >= 0.3 is 5.97 Å². The van der Waals surface area contributed by atoms with Crippen molar-refractivity contribution in [2.45, 2.75) is 69.5 Å². The van der Waals surface area contributed by atoms with Crippen molar-refractivity contribution in [3.8, 4) is 0 Å². The molecular formula is C17H27NO8. The van der Waals surface area contributed by atoms with E-state index in [1.165, 1.54) is 6.08 Å². The fourth-order valence-electron chi connectivity index (χ4n) is 3.40. The molecule has 0 amide bonds. The van der Waals surface area contributed by atoms with Crippen LogP contribution < -0.4 is 0 Å². The summed E-state index contributed by atoms with van der Waals surface area (Å²) in [4.78, 5) is 22.3. The maximum Gasteiger partial charge on any atom is 0.334 e. The third-order valence-corrected chi connectivity index (χ3v) is 4.67. The SMILES string of the molecule is CCOC(=O)C(=CC1OC2(CCCCC2)OC1C(O)CO)CC[N+](=O)[O-]. The number of aliphatic hydroxyl groups is 2. The minimum atomic E-state index is -1.18. The Morgan fingerprint density at radius 3 is 2.65 bits per heavy atom. The lowest BCUT2D eigenvalue weighted by Crippen LogP contribution is -2.38. The molecule has 2 aliphatic rings. The lowest BCUT2D eigenvalue weighted by Gasteiger charge is -2.32. The Morgan fingerprint density at radius 2 is 2.08 bits per heavy atom. The Labute approximate surface area is 152 Å². The van der Waals surface area contributed by atoms with Crippen LogP contribution in [0.15, 0.2) is 11.6 Å². The average Bonchev–Trinajstić information content (AvgIpc) is 2.96. The van der Waals surface area contributed by atoms with Crippen molar-refractivity contribution in [2.24, 2.45) is 0 Å². The lowest BCUT2D eigenvalue weighted by atomic mass is 9.94. The Balaban J connectivity index is 2.24. The number of nitro groups is 1. The van der Waals surface area contributed by atoms with Crippen molar-refractivity contribution in [1.82, 2.24) is 0 Å². The van der Waals surface area contributed by atoms with Crippen LogP contribution in [0.5, 0.6) is 0 Å². The molecule has 3 unspecified atom stereocenters. The molecule has 1 spiro atoms. The predicted molar refractivity (Wildman–Crippen MR) is 89.8 cm³/mol. The highest BCUT2D eigenvalue weighted by atomic mass is 16.8. The Morgan fingerprint density at radius 1 is 1.38 bits per heavy atom. The zero-order valence-electron chi connectivity index (χ0n) is 15.0. The van der Waals surface area contributed by atoms with Gasteiger partial charge in [-0.15, -0.1) is 0 Å². The maximum absolute atomic E-state index is 12.1. The van der Waals surface area contributed by atoms with Crippen LogP contribution in [0.4, 0.5) is 0 Å². The van der Waals surface area contributed by atoms with E-state index in [2.05, 4.69) is 0 Å². The third kappa shape index (κ3) is 5.23. The normalized spacial score (nSPS) is 26.7. The molecule has 0 aromatic heterocycles. The zero-order chi connectivity index (χ0) is 19.2. The summed E-state index contributed by atoms with van der Waals surface area (Å²) >= 11 is 0. The molecule has 1 aliphatic heterocycles. The number of rotatable bonds is 8. The Bertz CT molecular complexity index is 529. The standard InChI is InChI=1S/C17H27NO8/c1-2-24-16(21)12(6-9-18(22)23)10-14-15(13(20)11-19)26-17(25-14)7-4-3-5-8-17/h10,13-15,19-20H,2-9,11H2,1H3. The molecule has 0 radical (unpaired) electrons. The van der Waals surface area contributed by atoms with Gasteiger partial charge in [-0.05, 0) is 25.8 Å². The minimum Gasteiger partial charge on any atom is -0.463 e. The molecule has 1 saturated heterocycles. The number of hydrogen-bond donors (Lipinski definition) is 2. The average molecular weight is 373 g/mol. The van der Waals surface area contributed by atoms with Crippen molar-refractivity contribution < 1.29 is 34.1 Å². The number of nitrogens with zero attached hydrogens (tertiary/aromatic N) is 1. The Hall–Kier alpha value is -1.55. The van der Waals surface area contributed by atoms with Gasteiger partial charge in [-0.3, -0.25) is 10.1 Å². The number of esters is 1. The van der Waals surface area contributed by atoms with E-state index < -0.39 is 48.1 Å². The van der Waals surface area contributed by atoms with Crippen LogP contribution in [-0.2, 0) is 19.0 Å². The van der Waals surface area contributed by atoms with Gasteiger partial charge in [0.2, 0.25) is 6.54 Å². The van der Waals surface area contributed by atoms with Gasteiger partial charge in [-0.25, -0.2) is 4.79 Å². The lowest BCUT2D eigenvalue weighted by molar-refractivity contribution is -0.479. The highest BCUT2D eigenvalue weighted by molar-refractivity contribution is 5.88. The number of carbonyl (C=O) groups is 1. The van der Waals surface area contributed by atoms with E-state index in [9.17, 15) is 25.1 Å². The molecule has 0 bridgehead atoms. The van der Waals surface area contributed by atoms with Crippen LogP contribution in [0.1, 0.15) is 45.4 Å². The molecule has 2 rings (SSSR count). The van der Waals surface area contributed by atoms with Gasteiger partial charge in [0.25, 0.3) is 0 Å². The second-order valence-electron chi connectivity index (χ2n) is 6.60. The molecule has 26 heavy (non-hydrogen) atoms. The highest BCUT2D eigenvalue weighted by Crippen LogP contribution is 2.42. The molecule has 1 heterocycles. The van der Waals surface area contributed by atoms with E-state index in [1.54, 1.807) is 6.92 Å². The number of ether oxygens (including phenoxy) is 3. The summed E-state index contributed by atoms with van der Waals surface area (Å²) in [6.07, 6.45) is 2.74. The van der Waals surface area contributed by atoms with Crippen LogP contribution in [0, 0.1) is 10.1 Å².